The first kappa shape index (κ1) is 17.9. The van der Waals surface area contributed by atoms with Crippen molar-refractivity contribution in [1.29, 1.82) is 0 Å². The van der Waals surface area contributed by atoms with Gasteiger partial charge in [0.2, 0.25) is 0 Å². The molecule has 25 heavy (non-hydrogen) atoms. The van der Waals surface area contributed by atoms with Crippen molar-refractivity contribution in [2.24, 2.45) is 0 Å². The zero-order chi connectivity index (χ0) is 18.0. The summed E-state index contributed by atoms with van der Waals surface area (Å²) in [5.74, 6) is 0.788. The molecule has 1 saturated heterocycles. The molecule has 0 aromatic heterocycles. The van der Waals surface area contributed by atoms with Gasteiger partial charge in [-0.05, 0) is 25.1 Å². The van der Waals surface area contributed by atoms with Gasteiger partial charge in [-0.15, -0.1) is 0 Å². The van der Waals surface area contributed by atoms with E-state index in [-0.39, 0.29) is 11.7 Å². The Kier molecular flexibility index (Phi) is 5.11. The van der Waals surface area contributed by atoms with Gasteiger partial charge in [0.05, 0.1) is 5.56 Å². The highest BCUT2D eigenvalue weighted by molar-refractivity contribution is 6.30. The molecule has 134 valence electrons. The molecule has 0 radical (unpaired) electrons. The Morgan fingerprint density at radius 2 is 1.84 bits per heavy atom. The molecule has 0 aliphatic carbocycles. The monoisotopic (exact) mass is 371 g/mol. The Morgan fingerprint density at radius 3 is 2.48 bits per heavy atom. The first-order valence-corrected chi connectivity index (χ1v) is 8.22. The second kappa shape index (κ2) is 7.14. The van der Waals surface area contributed by atoms with Crippen LogP contribution in [0.3, 0.4) is 0 Å². The Labute approximate surface area is 148 Å². The van der Waals surface area contributed by atoms with E-state index in [1.807, 2.05) is 0 Å². The average Bonchev–Trinajstić information content (AvgIpc) is 2.52. The number of hydrogen-bond donors (Lipinski definition) is 1. The Hall–Kier alpha value is -1.92. The molecule has 0 spiro atoms. The minimum Gasteiger partial charge on any atom is -0.484 e. The zero-order valence-corrected chi connectivity index (χ0v) is 14.2. The number of rotatable bonds is 5. The van der Waals surface area contributed by atoms with E-state index in [4.69, 9.17) is 21.1 Å². The molecule has 1 fully saturated rings. The van der Waals surface area contributed by atoms with Crippen LogP contribution in [0.2, 0.25) is 5.02 Å². The maximum Gasteiger partial charge on any atom is 0.416 e. The van der Waals surface area contributed by atoms with Crippen LogP contribution in [0.25, 0.3) is 0 Å². The molecule has 1 aliphatic heterocycles. The van der Waals surface area contributed by atoms with Crippen LogP contribution < -0.4 is 14.8 Å². The van der Waals surface area contributed by atoms with Gasteiger partial charge < -0.3 is 14.8 Å². The van der Waals surface area contributed by atoms with Crippen molar-refractivity contribution in [1.82, 2.24) is 5.32 Å². The Bertz CT molecular complexity index is 747. The normalized spacial score (nSPS) is 16.2. The second-order valence-electron chi connectivity index (χ2n) is 5.83. The third-order valence-electron chi connectivity index (χ3n) is 3.95. The molecule has 2 aromatic carbocycles. The smallest absolute Gasteiger partial charge is 0.416 e. The van der Waals surface area contributed by atoms with Gasteiger partial charge in [-0.1, -0.05) is 29.8 Å². The average molecular weight is 372 g/mol. The van der Waals surface area contributed by atoms with Gasteiger partial charge in [-0.2, -0.15) is 13.2 Å². The summed E-state index contributed by atoms with van der Waals surface area (Å²) in [6.45, 7) is 2.99. The number of hydrogen-bond acceptors (Lipinski definition) is 3. The lowest BCUT2D eigenvalue weighted by Gasteiger charge is -2.29. The fourth-order valence-electron chi connectivity index (χ4n) is 2.56. The summed E-state index contributed by atoms with van der Waals surface area (Å²) in [5, 5.41) is 3.55. The van der Waals surface area contributed by atoms with E-state index < -0.39 is 17.8 Å². The van der Waals surface area contributed by atoms with Gasteiger partial charge in [0.25, 0.3) is 0 Å². The highest BCUT2D eigenvalue weighted by atomic mass is 35.5. The van der Waals surface area contributed by atoms with E-state index in [2.05, 4.69) is 5.32 Å². The standard InChI is InChI=1S/C18H17ClF3NO2/c1-11(14-4-2-3-5-15(14)18(20,21)22)24-16-7-6-12(19)8-17(16)25-13-9-23-10-13/h2-8,11,13,23H,9-10H2,1H3. The van der Waals surface area contributed by atoms with Crippen LogP contribution in [-0.2, 0) is 6.18 Å². The molecule has 1 heterocycles. The van der Waals surface area contributed by atoms with Crippen molar-refractivity contribution in [3.8, 4) is 11.5 Å². The first-order valence-electron chi connectivity index (χ1n) is 7.84. The molecule has 1 N–H and O–H groups in total. The fraction of sp³-hybridized carbons (Fsp3) is 0.333. The molecule has 0 bridgehead atoms. The molecule has 0 amide bonds. The minimum absolute atomic E-state index is 0.00131. The van der Waals surface area contributed by atoms with Gasteiger partial charge >= 0.3 is 6.18 Å². The van der Waals surface area contributed by atoms with E-state index in [9.17, 15) is 13.2 Å². The van der Waals surface area contributed by atoms with E-state index >= 15 is 0 Å². The van der Waals surface area contributed by atoms with Gasteiger partial charge in [-0.25, -0.2) is 0 Å². The molecular weight excluding hydrogens is 355 g/mol. The van der Waals surface area contributed by atoms with Crippen LogP contribution in [0.4, 0.5) is 13.2 Å². The van der Waals surface area contributed by atoms with Crippen molar-refractivity contribution >= 4 is 11.6 Å². The van der Waals surface area contributed by atoms with E-state index in [0.29, 0.717) is 29.6 Å². The quantitative estimate of drug-likeness (QED) is 0.815. The molecule has 1 atom stereocenters. The molecule has 3 rings (SSSR count). The van der Waals surface area contributed by atoms with Crippen LogP contribution in [0.5, 0.6) is 11.5 Å². The highest BCUT2D eigenvalue weighted by Crippen LogP contribution is 2.38. The number of alkyl halides is 3. The molecular formula is C18H17ClF3NO2. The van der Waals surface area contributed by atoms with E-state index in [1.165, 1.54) is 12.1 Å². The molecule has 2 aromatic rings. The van der Waals surface area contributed by atoms with Crippen LogP contribution in [0.1, 0.15) is 24.2 Å². The van der Waals surface area contributed by atoms with Crippen LogP contribution in [0, 0.1) is 0 Å². The van der Waals surface area contributed by atoms with Crippen molar-refractivity contribution in [3.63, 3.8) is 0 Å². The Morgan fingerprint density at radius 1 is 1.12 bits per heavy atom. The summed E-state index contributed by atoms with van der Waals surface area (Å²) in [4.78, 5) is 0. The van der Waals surface area contributed by atoms with Gasteiger partial charge in [-0.3, -0.25) is 0 Å². The number of ether oxygens (including phenoxy) is 2. The fourth-order valence-corrected chi connectivity index (χ4v) is 2.72. The summed E-state index contributed by atoms with van der Waals surface area (Å²) in [6, 6.07) is 10.2. The van der Waals surface area contributed by atoms with Crippen molar-refractivity contribution in [2.45, 2.75) is 25.3 Å². The lowest BCUT2D eigenvalue weighted by atomic mass is 10.0. The lowest BCUT2D eigenvalue weighted by molar-refractivity contribution is -0.138. The third-order valence-corrected chi connectivity index (χ3v) is 4.19. The van der Waals surface area contributed by atoms with Crippen LogP contribution >= 0.6 is 11.6 Å². The number of benzene rings is 2. The van der Waals surface area contributed by atoms with Crippen LogP contribution in [0.15, 0.2) is 42.5 Å². The lowest BCUT2D eigenvalue weighted by Crippen LogP contribution is -2.50. The maximum absolute atomic E-state index is 13.2. The largest absolute Gasteiger partial charge is 0.484 e. The predicted octanol–water partition coefficient (Wildman–Crippen LogP) is 4.85. The van der Waals surface area contributed by atoms with Crippen molar-refractivity contribution in [2.75, 3.05) is 13.1 Å². The molecule has 3 nitrogen and oxygen atoms in total. The van der Waals surface area contributed by atoms with Crippen molar-refractivity contribution in [3.05, 3.63) is 58.6 Å². The van der Waals surface area contributed by atoms with Gasteiger partial charge in [0.1, 0.15) is 12.2 Å². The first-order chi connectivity index (χ1) is 11.8. The maximum atomic E-state index is 13.2. The summed E-state index contributed by atoms with van der Waals surface area (Å²) >= 11 is 6.00. The number of halogens is 4. The van der Waals surface area contributed by atoms with Gasteiger partial charge in [0, 0.05) is 29.7 Å². The third kappa shape index (κ3) is 4.19. The summed E-state index contributed by atoms with van der Waals surface area (Å²) in [5.41, 5.74) is -0.636. The van der Waals surface area contributed by atoms with E-state index in [1.54, 1.807) is 31.2 Å². The minimum atomic E-state index is -4.44. The van der Waals surface area contributed by atoms with Crippen molar-refractivity contribution < 1.29 is 22.6 Å². The highest BCUT2D eigenvalue weighted by Gasteiger charge is 2.34. The summed E-state index contributed by atoms with van der Waals surface area (Å²) < 4.78 is 51.2. The summed E-state index contributed by atoms with van der Waals surface area (Å²) in [6.07, 6.45) is -5.25. The predicted molar refractivity (Wildman–Crippen MR) is 89.2 cm³/mol. The van der Waals surface area contributed by atoms with Crippen LogP contribution in [-0.4, -0.2) is 19.2 Å². The molecule has 0 saturated carbocycles. The summed E-state index contributed by atoms with van der Waals surface area (Å²) in [7, 11) is 0. The topological polar surface area (TPSA) is 30.5 Å². The Balaban J connectivity index is 1.85. The molecule has 1 unspecified atom stereocenters. The molecule has 1 aliphatic rings. The SMILES string of the molecule is CC(Oc1ccc(Cl)cc1OC1CNC1)c1ccccc1C(F)(F)F. The number of nitrogens with one attached hydrogen (secondary N) is 1. The zero-order valence-electron chi connectivity index (χ0n) is 13.4. The van der Waals surface area contributed by atoms with E-state index in [0.717, 1.165) is 6.07 Å². The second-order valence-corrected chi connectivity index (χ2v) is 6.27. The molecule has 7 heteroatoms. The van der Waals surface area contributed by atoms with Gasteiger partial charge in [0.15, 0.2) is 11.5 Å².